The molecule has 0 aromatic rings. The molecular weight excluding hydrogens is 270 g/mol. The largest absolute Gasteiger partial charge is 0.480 e. The second-order valence-corrected chi connectivity index (χ2v) is 6.13. The summed E-state index contributed by atoms with van der Waals surface area (Å²) in [7, 11) is 0. The van der Waals surface area contributed by atoms with Crippen LogP contribution < -0.4 is 0 Å². The molecular formula is C15H27N3O3. The number of nitrogens with zero attached hydrogens (tertiary/aromatic N) is 3. The SMILES string of the molecule is CCC1CCN(C(=O)N2CCCN(CC(=O)O)CC2)CC1. The molecule has 2 aliphatic rings. The predicted molar refractivity (Wildman–Crippen MR) is 80.2 cm³/mol. The Morgan fingerprint density at radius 3 is 2.29 bits per heavy atom. The third kappa shape index (κ3) is 4.59. The van der Waals surface area contributed by atoms with Crippen molar-refractivity contribution in [1.29, 1.82) is 0 Å². The summed E-state index contributed by atoms with van der Waals surface area (Å²) >= 11 is 0. The van der Waals surface area contributed by atoms with Gasteiger partial charge in [0, 0.05) is 39.3 Å². The molecule has 0 atom stereocenters. The number of aliphatic carboxylic acids is 1. The van der Waals surface area contributed by atoms with Gasteiger partial charge in [-0.15, -0.1) is 0 Å². The van der Waals surface area contributed by atoms with Crippen molar-refractivity contribution < 1.29 is 14.7 Å². The Balaban J connectivity index is 1.81. The molecule has 120 valence electrons. The van der Waals surface area contributed by atoms with Gasteiger partial charge in [-0.3, -0.25) is 9.69 Å². The lowest BCUT2D eigenvalue weighted by Gasteiger charge is -2.35. The van der Waals surface area contributed by atoms with Gasteiger partial charge in [-0.2, -0.15) is 0 Å². The Morgan fingerprint density at radius 1 is 1.00 bits per heavy atom. The minimum absolute atomic E-state index is 0.0733. The molecule has 2 heterocycles. The number of rotatable bonds is 3. The first-order chi connectivity index (χ1) is 10.1. The Kier molecular flexibility index (Phi) is 5.85. The molecule has 2 fully saturated rings. The van der Waals surface area contributed by atoms with Gasteiger partial charge < -0.3 is 14.9 Å². The second kappa shape index (κ2) is 7.64. The van der Waals surface area contributed by atoms with E-state index in [0.29, 0.717) is 13.1 Å². The van der Waals surface area contributed by atoms with E-state index in [4.69, 9.17) is 5.11 Å². The summed E-state index contributed by atoms with van der Waals surface area (Å²) in [6, 6.07) is 0.140. The quantitative estimate of drug-likeness (QED) is 0.853. The van der Waals surface area contributed by atoms with E-state index in [-0.39, 0.29) is 12.6 Å². The van der Waals surface area contributed by atoms with Crippen LogP contribution in [0.25, 0.3) is 0 Å². The lowest BCUT2D eigenvalue weighted by atomic mass is 9.95. The van der Waals surface area contributed by atoms with Gasteiger partial charge in [-0.05, 0) is 25.2 Å². The number of carbonyl (C=O) groups is 2. The van der Waals surface area contributed by atoms with Crippen molar-refractivity contribution in [1.82, 2.24) is 14.7 Å². The normalized spacial score (nSPS) is 22.1. The monoisotopic (exact) mass is 297 g/mol. The minimum Gasteiger partial charge on any atom is -0.480 e. The molecule has 0 aromatic carbocycles. The van der Waals surface area contributed by atoms with Crippen LogP contribution >= 0.6 is 0 Å². The molecule has 0 bridgehead atoms. The summed E-state index contributed by atoms with van der Waals surface area (Å²) in [4.78, 5) is 29.1. The zero-order valence-electron chi connectivity index (χ0n) is 13.0. The molecule has 1 N–H and O–H groups in total. The van der Waals surface area contributed by atoms with Crippen LogP contribution in [-0.4, -0.2) is 77.6 Å². The summed E-state index contributed by atoms with van der Waals surface area (Å²) < 4.78 is 0. The van der Waals surface area contributed by atoms with Crippen molar-refractivity contribution in [3.8, 4) is 0 Å². The highest BCUT2D eigenvalue weighted by molar-refractivity contribution is 5.74. The van der Waals surface area contributed by atoms with Gasteiger partial charge in [-0.1, -0.05) is 13.3 Å². The van der Waals surface area contributed by atoms with E-state index in [2.05, 4.69) is 6.92 Å². The molecule has 2 saturated heterocycles. The summed E-state index contributed by atoms with van der Waals surface area (Å²) in [6.45, 7) is 6.82. The van der Waals surface area contributed by atoms with Crippen LogP contribution in [0.5, 0.6) is 0 Å². The number of carboxylic acids is 1. The number of piperidine rings is 1. The van der Waals surface area contributed by atoms with Crippen molar-refractivity contribution >= 4 is 12.0 Å². The van der Waals surface area contributed by atoms with E-state index in [9.17, 15) is 9.59 Å². The highest BCUT2D eigenvalue weighted by Crippen LogP contribution is 2.21. The summed E-state index contributed by atoms with van der Waals surface area (Å²) in [5, 5.41) is 8.85. The molecule has 0 spiro atoms. The molecule has 21 heavy (non-hydrogen) atoms. The van der Waals surface area contributed by atoms with Gasteiger partial charge in [0.05, 0.1) is 6.54 Å². The lowest BCUT2D eigenvalue weighted by molar-refractivity contribution is -0.138. The number of amides is 2. The third-order valence-electron chi connectivity index (χ3n) is 4.68. The highest BCUT2D eigenvalue weighted by atomic mass is 16.4. The Labute approximate surface area is 126 Å². The molecule has 6 nitrogen and oxygen atoms in total. The van der Waals surface area contributed by atoms with E-state index in [1.54, 1.807) is 0 Å². The Hall–Kier alpha value is -1.30. The molecule has 0 aromatic heterocycles. The van der Waals surface area contributed by atoms with E-state index in [1.807, 2.05) is 14.7 Å². The number of likely N-dealkylation sites (tertiary alicyclic amines) is 1. The Morgan fingerprint density at radius 2 is 1.67 bits per heavy atom. The fourth-order valence-electron chi connectivity index (χ4n) is 3.24. The maximum atomic E-state index is 12.5. The molecule has 0 aliphatic carbocycles. The van der Waals surface area contributed by atoms with Crippen LogP contribution in [-0.2, 0) is 4.79 Å². The molecule has 2 rings (SSSR count). The maximum Gasteiger partial charge on any atom is 0.320 e. The standard InChI is InChI=1S/C15H27N3O3/c1-2-13-4-8-18(9-5-13)15(21)17-7-3-6-16(10-11-17)12-14(19)20/h13H,2-12H2,1H3,(H,19,20). The van der Waals surface area contributed by atoms with Crippen molar-refractivity contribution in [2.75, 3.05) is 45.8 Å². The number of hydrogen-bond donors (Lipinski definition) is 1. The summed E-state index contributed by atoms with van der Waals surface area (Å²) in [6.07, 6.45) is 4.28. The lowest BCUT2D eigenvalue weighted by Crippen LogP contribution is -2.47. The van der Waals surface area contributed by atoms with Crippen LogP contribution in [0.15, 0.2) is 0 Å². The third-order valence-corrected chi connectivity index (χ3v) is 4.68. The number of carbonyl (C=O) groups excluding carboxylic acids is 1. The molecule has 2 aliphatic heterocycles. The fourth-order valence-corrected chi connectivity index (χ4v) is 3.24. The summed E-state index contributed by atoms with van der Waals surface area (Å²) in [5.41, 5.74) is 0. The number of urea groups is 1. The van der Waals surface area contributed by atoms with Crippen molar-refractivity contribution in [2.45, 2.75) is 32.6 Å². The van der Waals surface area contributed by atoms with Crippen molar-refractivity contribution in [2.24, 2.45) is 5.92 Å². The predicted octanol–water partition coefficient (Wildman–Crippen LogP) is 1.32. The van der Waals surface area contributed by atoms with Crippen LogP contribution in [0.4, 0.5) is 4.79 Å². The van der Waals surface area contributed by atoms with Gasteiger partial charge in [-0.25, -0.2) is 4.79 Å². The first kappa shape index (κ1) is 16.1. The van der Waals surface area contributed by atoms with Crippen LogP contribution in [0.1, 0.15) is 32.6 Å². The average molecular weight is 297 g/mol. The van der Waals surface area contributed by atoms with E-state index in [1.165, 1.54) is 6.42 Å². The number of hydrogen-bond acceptors (Lipinski definition) is 3. The van der Waals surface area contributed by atoms with E-state index in [0.717, 1.165) is 51.4 Å². The van der Waals surface area contributed by atoms with Crippen LogP contribution in [0, 0.1) is 5.92 Å². The fraction of sp³-hybridized carbons (Fsp3) is 0.867. The van der Waals surface area contributed by atoms with Gasteiger partial charge >= 0.3 is 12.0 Å². The smallest absolute Gasteiger partial charge is 0.320 e. The van der Waals surface area contributed by atoms with Crippen LogP contribution in [0.3, 0.4) is 0 Å². The molecule has 0 radical (unpaired) electrons. The first-order valence-corrected chi connectivity index (χ1v) is 8.08. The van der Waals surface area contributed by atoms with Crippen molar-refractivity contribution in [3.63, 3.8) is 0 Å². The molecule has 2 amide bonds. The maximum absolute atomic E-state index is 12.5. The Bertz CT molecular complexity index is 367. The first-order valence-electron chi connectivity index (χ1n) is 8.08. The minimum atomic E-state index is -0.795. The molecule has 6 heteroatoms. The van der Waals surface area contributed by atoms with Gasteiger partial charge in [0.2, 0.25) is 0 Å². The average Bonchev–Trinajstić information content (AvgIpc) is 2.71. The van der Waals surface area contributed by atoms with Crippen molar-refractivity contribution in [3.05, 3.63) is 0 Å². The van der Waals surface area contributed by atoms with Gasteiger partial charge in [0.25, 0.3) is 0 Å². The van der Waals surface area contributed by atoms with E-state index >= 15 is 0 Å². The zero-order chi connectivity index (χ0) is 15.2. The highest BCUT2D eigenvalue weighted by Gasteiger charge is 2.27. The topological polar surface area (TPSA) is 64.1 Å². The van der Waals surface area contributed by atoms with Crippen LogP contribution in [0.2, 0.25) is 0 Å². The van der Waals surface area contributed by atoms with Gasteiger partial charge in [0.1, 0.15) is 0 Å². The van der Waals surface area contributed by atoms with Gasteiger partial charge in [0.15, 0.2) is 0 Å². The number of carboxylic acid groups (broad SMARTS) is 1. The van der Waals surface area contributed by atoms with E-state index < -0.39 is 5.97 Å². The molecule has 0 saturated carbocycles. The molecule has 0 unspecified atom stereocenters. The summed E-state index contributed by atoms with van der Waals surface area (Å²) in [5.74, 6) is -0.0272. The second-order valence-electron chi connectivity index (χ2n) is 6.13. The zero-order valence-corrected chi connectivity index (χ0v) is 13.0.